The minimum absolute atomic E-state index is 0.653. The molecule has 6 radical (unpaired) electrons. The Bertz CT molecular complexity index is 1850. The van der Waals surface area contributed by atoms with E-state index in [4.69, 9.17) is 22.5 Å². The van der Waals surface area contributed by atoms with Gasteiger partial charge in [0.05, 0.1) is 0 Å². The number of benzene rings is 5. The summed E-state index contributed by atoms with van der Waals surface area (Å²) in [6, 6.07) is 37.5. The average molecular weight is 525 g/mol. The van der Waals surface area contributed by atoms with Crippen molar-refractivity contribution in [2.75, 3.05) is 0 Å². The van der Waals surface area contributed by atoms with Crippen LogP contribution in [-0.4, -0.2) is 60.4 Å². The summed E-state index contributed by atoms with van der Waals surface area (Å²) in [6.07, 6.45) is 4.76. The van der Waals surface area contributed by atoms with Crippen LogP contribution in [0.25, 0.3) is 21.5 Å². The maximum atomic E-state index is 6.61. The second-order valence-electron chi connectivity index (χ2n) is 10.6. The molecular formula is C36H28B6. The van der Waals surface area contributed by atoms with Gasteiger partial charge in [0.25, 0.3) is 0 Å². The molecule has 0 saturated heterocycles. The van der Waals surface area contributed by atoms with Crippen LogP contribution in [0, 0.1) is 0 Å². The standard InChI is InChI=1S/C36H28B6/c1-3-25(35(38)42-34-20-10-14-27-12-5-7-19-32(27)34)21-24(2)40-36(39)41-30-17-9-16-29(22-30)33(37)23-28-15-8-13-26-11-4-6-18-31(26)28/h3-22H,23H2,1-2H3/b24-21+,25-3+. The van der Waals surface area contributed by atoms with Crippen molar-refractivity contribution in [3.8, 4) is 0 Å². The van der Waals surface area contributed by atoms with E-state index in [1.807, 2.05) is 72.1 Å². The molecule has 0 heterocycles. The van der Waals surface area contributed by atoms with Crippen molar-refractivity contribution < 1.29 is 0 Å². The topological polar surface area (TPSA) is 0 Å². The fourth-order valence-electron chi connectivity index (χ4n) is 5.33. The van der Waals surface area contributed by atoms with Gasteiger partial charge in [-0.1, -0.05) is 0 Å². The van der Waals surface area contributed by atoms with E-state index in [-0.39, 0.29) is 0 Å². The molecule has 0 spiro atoms. The van der Waals surface area contributed by atoms with Gasteiger partial charge in [-0.05, 0) is 0 Å². The van der Waals surface area contributed by atoms with E-state index in [1.165, 1.54) is 27.1 Å². The van der Waals surface area contributed by atoms with E-state index in [0.29, 0.717) is 17.0 Å². The van der Waals surface area contributed by atoms with Gasteiger partial charge >= 0.3 is 257 Å². The molecule has 0 aliphatic carbocycles. The van der Waals surface area contributed by atoms with Crippen LogP contribution in [0.4, 0.5) is 0 Å². The quantitative estimate of drug-likeness (QED) is 0.177. The third-order valence-corrected chi connectivity index (χ3v) is 7.41. The van der Waals surface area contributed by atoms with E-state index in [9.17, 15) is 0 Å². The Morgan fingerprint density at radius 3 is 2.12 bits per heavy atom. The van der Waals surface area contributed by atoms with Gasteiger partial charge < -0.3 is 0 Å². The Balaban J connectivity index is 1.21. The molecule has 5 rings (SSSR count). The number of allylic oxidation sites excluding steroid dienone is 4. The maximum absolute atomic E-state index is 6.61. The Hall–Kier alpha value is -3.90. The summed E-state index contributed by atoms with van der Waals surface area (Å²) in [6.45, 7) is 4.02. The minimum atomic E-state index is 0.653. The van der Waals surface area contributed by atoms with Crippen LogP contribution in [0.5, 0.6) is 0 Å². The Morgan fingerprint density at radius 2 is 1.36 bits per heavy atom. The van der Waals surface area contributed by atoms with Crippen molar-refractivity contribution in [3.05, 3.63) is 144 Å². The van der Waals surface area contributed by atoms with Gasteiger partial charge in [-0.3, -0.25) is 0 Å². The number of hydrogen-bond acceptors (Lipinski definition) is 0. The van der Waals surface area contributed by atoms with Crippen LogP contribution in [0.2, 0.25) is 0 Å². The summed E-state index contributed by atoms with van der Waals surface area (Å²) in [5.41, 5.74) is 7.08. The molecule has 0 aliphatic rings. The summed E-state index contributed by atoms with van der Waals surface area (Å²) in [5.74, 6) is 0. The molecule has 5 aromatic rings. The van der Waals surface area contributed by atoms with Crippen molar-refractivity contribution in [2.24, 2.45) is 0 Å². The normalized spacial score (nSPS) is 11.7. The number of rotatable bonds is 11. The van der Waals surface area contributed by atoms with Crippen LogP contribution >= 0.6 is 0 Å². The third-order valence-electron chi connectivity index (χ3n) is 7.41. The predicted octanol–water partition coefficient (Wildman–Crippen LogP) is 4.39. The predicted molar refractivity (Wildman–Crippen MR) is 193 cm³/mol. The van der Waals surface area contributed by atoms with Crippen LogP contribution in [0.3, 0.4) is 0 Å². The summed E-state index contributed by atoms with van der Waals surface area (Å²) in [5, 5.41) is 6.17. The van der Waals surface area contributed by atoms with Gasteiger partial charge in [-0.2, -0.15) is 0 Å². The van der Waals surface area contributed by atoms with Crippen molar-refractivity contribution in [2.45, 2.75) is 20.3 Å². The van der Waals surface area contributed by atoms with Crippen LogP contribution in [-0.2, 0) is 6.42 Å². The second kappa shape index (κ2) is 13.8. The molecule has 0 atom stereocenters. The molecule has 0 amide bonds. The zero-order valence-electron chi connectivity index (χ0n) is 24.2. The van der Waals surface area contributed by atoms with Crippen LogP contribution < -0.4 is 10.9 Å². The Labute approximate surface area is 255 Å². The zero-order chi connectivity index (χ0) is 29.5. The first kappa shape index (κ1) is 29.6. The van der Waals surface area contributed by atoms with E-state index in [1.54, 1.807) is 0 Å². The molecule has 0 saturated carbocycles. The van der Waals surface area contributed by atoms with E-state index in [2.05, 4.69) is 84.9 Å². The molecule has 5 aromatic carbocycles. The second-order valence-corrected chi connectivity index (χ2v) is 10.6. The van der Waals surface area contributed by atoms with Crippen molar-refractivity contribution in [3.63, 3.8) is 0 Å². The van der Waals surface area contributed by atoms with Crippen molar-refractivity contribution in [1.29, 1.82) is 0 Å². The molecule has 0 aliphatic heterocycles. The van der Waals surface area contributed by atoms with Gasteiger partial charge in [0, 0.05) is 0 Å². The first-order valence-electron chi connectivity index (χ1n) is 14.2. The molecule has 190 valence electrons. The van der Waals surface area contributed by atoms with Gasteiger partial charge in [0.2, 0.25) is 0 Å². The van der Waals surface area contributed by atoms with Crippen molar-refractivity contribution in [1.82, 2.24) is 0 Å². The van der Waals surface area contributed by atoms with E-state index in [0.717, 1.165) is 33.0 Å². The Morgan fingerprint density at radius 1 is 0.714 bits per heavy atom. The molecule has 0 aromatic heterocycles. The zero-order valence-corrected chi connectivity index (χ0v) is 24.2. The van der Waals surface area contributed by atoms with Crippen LogP contribution in [0.15, 0.2) is 132 Å². The molecule has 6 heteroatoms. The average Bonchev–Trinajstić information content (AvgIpc) is 3.00. The molecule has 0 N–H and O–H groups in total. The first-order valence-corrected chi connectivity index (χ1v) is 14.2. The fourth-order valence-corrected chi connectivity index (χ4v) is 5.33. The molecule has 0 bridgehead atoms. The summed E-state index contributed by atoms with van der Waals surface area (Å²) in [4.78, 5) is 0. The molecular weight excluding hydrogens is 497 g/mol. The monoisotopic (exact) mass is 526 g/mol. The van der Waals surface area contributed by atoms with Gasteiger partial charge in [-0.25, -0.2) is 0 Å². The van der Waals surface area contributed by atoms with Crippen LogP contribution in [0.1, 0.15) is 25.0 Å². The SMILES string of the molecule is [B]=C([B]/C(C)=C/C(=C\C)C(=[B])[B]c1cccc2ccccc12)[B]c1cccc(C(=[B])Cc2cccc3ccccc23)c1. The summed E-state index contributed by atoms with van der Waals surface area (Å²) < 4.78 is 0. The number of hydrogen-bond donors (Lipinski definition) is 0. The molecule has 42 heavy (non-hydrogen) atoms. The Kier molecular flexibility index (Phi) is 9.75. The van der Waals surface area contributed by atoms with Crippen molar-refractivity contribution >= 4 is 92.9 Å². The molecule has 0 fully saturated rings. The van der Waals surface area contributed by atoms with Gasteiger partial charge in [-0.15, -0.1) is 0 Å². The third kappa shape index (κ3) is 7.29. The molecule has 0 nitrogen and oxygen atoms in total. The number of fused-ring (bicyclic) bond motifs is 2. The first-order chi connectivity index (χ1) is 20.4. The van der Waals surface area contributed by atoms with Gasteiger partial charge in [0.15, 0.2) is 0 Å². The van der Waals surface area contributed by atoms with E-state index >= 15 is 0 Å². The summed E-state index contributed by atoms with van der Waals surface area (Å²) >= 11 is 0. The fraction of sp³-hybridized carbons (Fsp3) is 0.0833. The summed E-state index contributed by atoms with van der Waals surface area (Å²) in [7, 11) is 25.6. The van der Waals surface area contributed by atoms with Gasteiger partial charge in [0.1, 0.15) is 0 Å². The van der Waals surface area contributed by atoms with E-state index < -0.39 is 0 Å². The molecule has 0 unspecified atom stereocenters.